The van der Waals surface area contributed by atoms with E-state index >= 15 is 0 Å². The normalized spacial score (nSPS) is 14.9. The van der Waals surface area contributed by atoms with Gasteiger partial charge in [0.2, 0.25) is 39.3 Å². The first-order chi connectivity index (χ1) is 69.7. The SMILES string of the molecule is Cc1cc(C)c(N2c3ccccc3Oc3cc(C)oc32)c(C)c1.Cc1cc(C)c(N2c3ccccc3S(=O)c3cc(C)oc32)c(C)c1.Cc1cc(C)c(N2c3ccccc3Sc3cc(C)oc32)c(C)c1.Cc1cc2c(o1)N(c1cccc3c1OCCC3)c1ccccc1C2.Cc1cc2c(o1)N(c1cccc3c1OCCC3)c1ccccc1S2(=O)=O.Cc1cc2c(o1)N(c1cccc3c1OCCC3)c1ccccc1[Se]2. The Morgan fingerprint density at radius 3 is 1.31 bits per heavy atom. The van der Waals surface area contributed by atoms with Crippen molar-refractivity contribution in [2.45, 2.75) is 178 Å². The summed E-state index contributed by atoms with van der Waals surface area (Å²) in [5, 5.41) is 0. The summed E-state index contributed by atoms with van der Waals surface area (Å²) in [5.41, 5.74) is 29.9. The minimum atomic E-state index is -3.62. The third-order valence-electron chi connectivity index (χ3n) is 27.0. The van der Waals surface area contributed by atoms with E-state index in [-0.39, 0.29) is 24.7 Å². The molecule has 0 saturated carbocycles. The van der Waals surface area contributed by atoms with E-state index in [9.17, 15) is 12.6 Å². The number of hydrogen-bond donors (Lipinski definition) is 0. The molecule has 0 amide bonds. The molecule has 0 radical (unpaired) electrons. The third kappa shape index (κ3) is 17.3. The van der Waals surface area contributed by atoms with Crippen LogP contribution in [0.1, 0.15) is 132 Å². The zero-order chi connectivity index (χ0) is 99.4. The van der Waals surface area contributed by atoms with Crippen LogP contribution in [0, 0.1) is 104 Å². The van der Waals surface area contributed by atoms with Crippen LogP contribution in [0.15, 0.2) is 329 Å². The first kappa shape index (κ1) is 94.2. The molecule has 1 atom stereocenters. The Hall–Kier alpha value is -14.7. The van der Waals surface area contributed by atoms with Crippen LogP contribution in [0.25, 0.3) is 0 Å². The molecule has 0 aliphatic carbocycles. The second-order valence-electron chi connectivity index (χ2n) is 37.9. The standard InChI is InChI=1S/C21H19NO2.C20H17NO4S.C20H19NO2S.C20H17NO2Se.C20H19NO2.C20H19NOS/c1-14-12-17-13-16-6-2-3-9-18(16)22(21(17)24-14)19-10-4-7-15-8-5-11-23-20(15)19;1-13-12-18-20(25-13)21(15-8-2-3-10-17(15)26(18,22)23)16-9-4-6-14-7-5-11-24-19(14)16;1-12-9-13(2)19(14(3)10-12)21-16-7-5-6-8-17(16)24(22)18-11-15(4)23-20(18)21;1-13-12-18-20(23-13)21(15-8-2-3-10-17(15)24-18)16-9-4-6-14-7-5-11-22-19(14)16;2*1-12-9-13(2)19(14(3)10-12)21-16-7-5-6-8-17(16)23-18-11-15(4)22-20(18)21/h2-4,6-7,9-10,12H,5,8,11,13H2,1H3;2-4,6,8-10,12H,5,7,11H2,1H3;5-11H,1-4H3;2-4,6,8-10,12H,5,7,11H2,1H3;2*5-11H,1-4H3. The van der Waals surface area contributed by atoms with E-state index in [2.05, 4.69) is 263 Å². The summed E-state index contributed by atoms with van der Waals surface area (Å²) in [5.74, 6) is 14.0. The fourth-order valence-electron chi connectivity index (χ4n) is 21.4. The molecule has 23 heteroatoms. The van der Waals surface area contributed by atoms with Crippen LogP contribution >= 0.6 is 11.8 Å². The van der Waals surface area contributed by atoms with Crippen LogP contribution < -0.4 is 57.3 Å². The van der Waals surface area contributed by atoms with Crippen LogP contribution in [0.5, 0.6) is 28.7 Å². The Morgan fingerprint density at radius 1 is 0.292 bits per heavy atom. The zero-order valence-corrected chi connectivity index (χ0v) is 87.3. The number of rotatable bonds is 6. The van der Waals surface area contributed by atoms with Crippen molar-refractivity contribution in [2.75, 3.05) is 49.2 Å². The van der Waals surface area contributed by atoms with Crippen LogP contribution in [0.2, 0.25) is 0 Å². The molecule has 27 rings (SSSR count). The van der Waals surface area contributed by atoms with Crippen molar-refractivity contribution < 1.29 is 58.1 Å². The number of hydrogen-bond acceptors (Lipinski definition) is 20. The first-order valence-corrected chi connectivity index (χ1v) is 54.0. The van der Waals surface area contributed by atoms with E-state index in [1.807, 2.05) is 112 Å². The van der Waals surface area contributed by atoms with Crippen molar-refractivity contribution in [1.82, 2.24) is 0 Å². The maximum absolute atomic E-state index is 13.1. The number of benzene rings is 12. The summed E-state index contributed by atoms with van der Waals surface area (Å²) in [6, 6.07) is 92.6. The molecular formula is C121H110N6O13S3Se. The van der Waals surface area contributed by atoms with Crippen LogP contribution in [-0.4, -0.2) is 47.4 Å². The Kier molecular flexibility index (Phi) is 25.2. The maximum atomic E-state index is 13.1. The topological polar surface area (TPSA) is 186 Å². The van der Waals surface area contributed by atoms with E-state index < -0.39 is 20.6 Å². The molecule has 0 bridgehead atoms. The molecule has 9 aliphatic heterocycles. The quantitative estimate of drug-likeness (QED) is 0.143. The van der Waals surface area contributed by atoms with Gasteiger partial charge in [0.05, 0.1) is 95.6 Å². The monoisotopic (exact) mass is 2030 g/mol. The van der Waals surface area contributed by atoms with E-state index in [4.69, 9.17) is 45.5 Å². The summed E-state index contributed by atoms with van der Waals surface area (Å²) >= 11 is 2.05. The predicted octanol–water partition coefficient (Wildman–Crippen LogP) is 31.2. The molecule has 1 unspecified atom stereocenters. The van der Waals surface area contributed by atoms with Crippen molar-refractivity contribution in [3.63, 3.8) is 0 Å². The van der Waals surface area contributed by atoms with E-state index in [1.165, 1.54) is 114 Å². The minimum absolute atomic E-state index is 0.196. The molecule has 18 aromatic rings. The summed E-state index contributed by atoms with van der Waals surface area (Å²) in [7, 11) is -4.84. The Labute approximate surface area is 853 Å². The number of fused-ring (bicyclic) bond motifs is 15. The van der Waals surface area contributed by atoms with Gasteiger partial charge in [0.1, 0.15) is 50.1 Å². The van der Waals surface area contributed by atoms with Gasteiger partial charge >= 0.3 is 147 Å². The molecular weight excluding hydrogens is 1920 g/mol. The Balaban J connectivity index is 0.0000000987. The van der Waals surface area contributed by atoms with Gasteiger partial charge in [-0.15, -0.1) is 0 Å². The molecule has 6 aromatic heterocycles. The van der Waals surface area contributed by atoms with Gasteiger partial charge in [0.15, 0.2) is 11.5 Å². The van der Waals surface area contributed by atoms with Gasteiger partial charge in [0, 0.05) is 29.0 Å². The molecule has 144 heavy (non-hydrogen) atoms. The fraction of sp³-hybridized carbons (Fsp3) is 0.207. The number of para-hydroxylation sites is 10. The second kappa shape index (κ2) is 38.5. The van der Waals surface area contributed by atoms with Crippen molar-refractivity contribution in [3.05, 3.63) is 385 Å². The van der Waals surface area contributed by atoms with Crippen molar-refractivity contribution >= 4 is 160 Å². The van der Waals surface area contributed by atoms with Crippen molar-refractivity contribution in [2.24, 2.45) is 0 Å². The molecule has 0 N–H and O–H groups in total. The van der Waals surface area contributed by atoms with Crippen LogP contribution in [0.3, 0.4) is 0 Å². The van der Waals surface area contributed by atoms with Crippen LogP contribution in [-0.2, 0) is 46.3 Å². The number of ether oxygens (including phenoxy) is 4. The molecule has 9 aliphatic rings. The molecule has 0 saturated heterocycles. The van der Waals surface area contributed by atoms with Crippen LogP contribution in [0.4, 0.5) is 104 Å². The van der Waals surface area contributed by atoms with Gasteiger partial charge in [-0.2, -0.15) is 0 Å². The number of anilines is 18. The van der Waals surface area contributed by atoms with E-state index in [0.29, 0.717) is 29.8 Å². The average molecular weight is 2030 g/mol. The summed E-state index contributed by atoms with van der Waals surface area (Å²) in [6.07, 6.45) is 7.15. The molecule has 12 aromatic carbocycles. The van der Waals surface area contributed by atoms with E-state index in [0.717, 1.165) is 194 Å². The fourth-order valence-corrected chi connectivity index (χ4v) is 27.7. The van der Waals surface area contributed by atoms with Gasteiger partial charge in [-0.05, 0) is 258 Å². The zero-order valence-electron chi connectivity index (χ0n) is 83.2. The number of aryl methyl sites for hydroxylation is 18. The number of sulfone groups is 1. The summed E-state index contributed by atoms with van der Waals surface area (Å²) in [6.45, 7) is 33.1. The Morgan fingerprint density at radius 2 is 0.708 bits per heavy atom. The summed E-state index contributed by atoms with van der Waals surface area (Å²) in [4.78, 5) is 17.4. The van der Waals surface area contributed by atoms with E-state index in [1.54, 1.807) is 43.0 Å². The molecule has 19 nitrogen and oxygen atoms in total. The molecule has 0 spiro atoms. The second-order valence-corrected chi connectivity index (χ2v) is 44.6. The van der Waals surface area contributed by atoms with Gasteiger partial charge in [-0.1, -0.05) is 156 Å². The average Bonchev–Trinajstić information content (AvgIpc) is 1.48. The Bertz CT molecular complexity index is 7880. The number of furan rings is 6. The first-order valence-electron chi connectivity index (χ1n) is 48.9. The molecule has 0 fully saturated rings. The predicted molar refractivity (Wildman–Crippen MR) is 575 cm³/mol. The molecule has 15 heterocycles. The van der Waals surface area contributed by atoms with Crippen molar-refractivity contribution in [1.29, 1.82) is 0 Å². The third-order valence-corrected chi connectivity index (χ3v) is 33.5. The van der Waals surface area contributed by atoms with Gasteiger partial charge < -0.3 is 36.3 Å². The van der Waals surface area contributed by atoms with Gasteiger partial charge in [0.25, 0.3) is 0 Å². The van der Waals surface area contributed by atoms with Crippen molar-refractivity contribution in [3.8, 4) is 28.7 Å². The molecule has 726 valence electrons. The summed E-state index contributed by atoms with van der Waals surface area (Å²) < 4.78 is 102. The van der Waals surface area contributed by atoms with Gasteiger partial charge in [-0.3, -0.25) is 24.5 Å². The van der Waals surface area contributed by atoms with Gasteiger partial charge in [-0.25, -0.2) is 12.6 Å². The number of nitrogens with zero attached hydrogens (tertiary/aromatic N) is 6.